The summed E-state index contributed by atoms with van der Waals surface area (Å²) in [5, 5.41) is 4.44. The van der Waals surface area contributed by atoms with E-state index in [1.54, 1.807) is 0 Å². The number of hydrogen-bond acceptors (Lipinski definition) is 4. The Morgan fingerprint density at radius 1 is 1.20 bits per heavy atom. The molecule has 2 N–H and O–H groups in total. The van der Waals surface area contributed by atoms with Gasteiger partial charge in [0.25, 0.3) is 11.8 Å². The van der Waals surface area contributed by atoms with Gasteiger partial charge in [-0.2, -0.15) is 8.78 Å². The second-order valence-corrected chi connectivity index (χ2v) is 8.67. The number of alkyl halides is 2. The summed E-state index contributed by atoms with van der Waals surface area (Å²) >= 11 is 5.71. The molecule has 7 nitrogen and oxygen atoms in total. The number of piperidine rings is 1. The summed E-state index contributed by atoms with van der Waals surface area (Å²) < 4.78 is 29.2. The van der Waals surface area contributed by atoms with Gasteiger partial charge in [0.05, 0.1) is 0 Å². The van der Waals surface area contributed by atoms with Crippen LogP contribution in [0.5, 0.6) is 0 Å². The highest BCUT2D eigenvalue weighted by molar-refractivity contribution is 6.38. The monoisotopic (exact) mass is 491 g/mol. The Hall–Kier alpha value is -3.14. The van der Waals surface area contributed by atoms with Gasteiger partial charge in [0, 0.05) is 34.5 Å². The molecular weight excluding hydrogens is 476 g/mol. The number of rotatable bonds is 5. The first kappa shape index (κ1) is 25.0. The van der Waals surface area contributed by atoms with E-state index in [9.17, 15) is 28.0 Å². The molecule has 6 radical (unpaired) electrons. The molecule has 0 saturated carbocycles. The average Bonchev–Trinajstić information content (AvgIpc) is 3.04. The quantitative estimate of drug-likeness (QED) is 0.474. The fourth-order valence-electron chi connectivity index (χ4n) is 4.17. The van der Waals surface area contributed by atoms with E-state index >= 15 is 0 Å². The standard InChI is InChI=1S/C22H15B3ClF2N3O4/c23-13-8-9(17(24)30-21(35)22(27,28)10-1-3-11(26)4-2-10)7-12-16(13)20(34)31(18(12)25)14-5-6-15(32)29-19(14)33/h1-4,7-8,14,17-18H,5-6H2,(H,30,35)(H,29,32,33). The molecule has 2 heterocycles. The van der Waals surface area contributed by atoms with Crippen LogP contribution in [0.1, 0.15) is 51.8 Å². The molecule has 35 heavy (non-hydrogen) atoms. The Balaban J connectivity index is 1.57. The lowest BCUT2D eigenvalue weighted by Crippen LogP contribution is -2.53. The van der Waals surface area contributed by atoms with Crippen molar-refractivity contribution in [2.24, 2.45) is 0 Å². The van der Waals surface area contributed by atoms with Crippen LogP contribution >= 0.6 is 11.6 Å². The van der Waals surface area contributed by atoms with E-state index in [0.717, 1.165) is 17.0 Å². The van der Waals surface area contributed by atoms with Crippen LogP contribution in [0.3, 0.4) is 0 Å². The van der Waals surface area contributed by atoms with E-state index in [4.69, 9.17) is 35.1 Å². The first-order valence-electron chi connectivity index (χ1n) is 10.5. The Morgan fingerprint density at radius 3 is 2.49 bits per heavy atom. The van der Waals surface area contributed by atoms with E-state index in [-0.39, 0.29) is 40.0 Å². The fourth-order valence-corrected chi connectivity index (χ4v) is 4.29. The van der Waals surface area contributed by atoms with E-state index < -0.39 is 53.0 Å². The number of fused-ring (bicyclic) bond motifs is 1. The van der Waals surface area contributed by atoms with E-state index in [0.29, 0.717) is 0 Å². The van der Waals surface area contributed by atoms with Crippen molar-refractivity contribution >= 4 is 64.2 Å². The molecule has 2 aliphatic rings. The van der Waals surface area contributed by atoms with Gasteiger partial charge in [-0.3, -0.25) is 24.5 Å². The van der Waals surface area contributed by atoms with Crippen molar-refractivity contribution in [3.63, 3.8) is 0 Å². The molecule has 2 aromatic carbocycles. The molecule has 13 heteroatoms. The summed E-state index contributed by atoms with van der Waals surface area (Å²) in [5.41, 5.74) is -0.260. The van der Waals surface area contributed by atoms with Crippen LogP contribution in [0.15, 0.2) is 36.4 Å². The molecule has 1 saturated heterocycles. The fraction of sp³-hybridized carbons (Fsp3) is 0.273. The SMILES string of the molecule is [B]c1cc(C([B])NC(=O)C(F)(F)c2ccc(Cl)cc2)cc2c1C(=O)N(C1CCC(=O)NC1=O)C2[B]. The number of carbonyl (C=O) groups is 4. The topological polar surface area (TPSA) is 95.6 Å². The van der Waals surface area contributed by atoms with Crippen LogP contribution < -0.4 is 16.1 Å². The zero-order chi connectivity index (χ0) is 25.7. The van der Waals surface area contributed by atoms with E-state index in [1.807, 2.05) is 5.32 Å². The normalized spacial score (nSPS) is 20.9. The van der Waals surface area contributed by atoms with Crippen molar-refractivity contribution in [3.05, 3.63) is 63.7 Å². The van der Waals surface area contributed by atoms with E-state index in [1.165, 1.54) is 24.3 Å². The maximum atomic E-state index is 14.6. The third-order valence-corrected chi connectivity index (χ3v) is 6.22. The Morgan fingerprint density at radius 2 is 1.86 bits per heavy atom. The smallest absolute Gasteiger partial charge is 0.349 e. The lowest BCUT2D eigenvalue weighted by atomic mass is 9.77. The van der Waals surface area contributed by atoms with Gasteiger partial charge in [-0.05, 0) is 29.7 Å². The summed E-state index contributed by atoms with van der Waals surface area (Å²) in [7, 11) is 18.2. The summed E-state index contributed by atoms with van der Waals surface area (Å²) in [6.45, 7) is 0. The summed E-state index contributed by atoms with van der Waals surface area (Å²) in [5.74, 6) is -9.82. The van der Waals surface area contributed by atoms with Crippen molar-refractivity contribution in [3.8, 4) is 0 Å². The Bertz CT molecular complexity index is 1250. The molecule has 0 spiro atoms. The predicted octanol–water partition coefficient (Wildman–Crippen LogP) is 0.637. The number of nitrogens with zero attached hydrogens (tertiary/aromatic N) is 1. The first-order chi connectivity index (χ1) is 16.4. The predicted molar refractivity (Wildman–Crippen MR) is 125 cm³/mol. The third-order valence-electron chi connectivity index (χ3n) is 5.97. The highest BCUT2D eigenvalue weighted by Gasteiger charge is 2.44. The summed E-state index contributed by atoms with van der Waals surface area (Å²) in [4.78, 5) is 50.2. The molecule has 0 aliphatic carbocycles. The van der Waals surface area contributed by atoms with Crippen molar-refractivity contribution < 1.29 is 28.0 Å². The molecular formula is C22H15B3ClF2N3O4. The Labute approximate surface area is 208 Å². The van der Waals surface area contributed by atoms with Crippen molar-refractivity contribution in [1.29, 1.82) is 0 Å². The van der Waals surface area contributed by atoms with Crippen LogP contribution in [0, 0.1) is 0 Å². The summed E-state index contributed by atoms with van der Waals surface area (Å²) in [6.07, 6.45) is 0.114. The maximum Gasteiger partial charge on any atom is 0.349 e. The zero-order valence-electron chi connectivity index (χ0n) is 18.1. The van der Waals surface area contributed by atoms with Gasteiger partial charge in [0.2, 0.25) is 11.8 Å². The summed E-state index contributed by atoms with van der Waals surface area (Å²) in [6, 6.07) is 6.15. The van der Waals surface area contributed by atoms with Gasteiger partial charge in [-0.25, -0.2) is 0 Å². The number of carbonyl (C=O) groups excluding carboxylic acids is 4. The van der Waals surface area contributed by atoms with Crippen molar-refractivity contribution in [1.82, 2.24) is 15.5 Å². The van der Waals surface area contributed by atoms with Crippen molar-refractivity contribution in [2.75, 3.05) is 0 Å². The maximum absolute atomic E-state index is 14.6. The molecule has 4 rings (SSSR count). The molecule has 1 fully saturated rings. The van der Waals surface area contributed by atoms with Gasteiger partial charge in [0.15, 0.2) is 0 Å². The van der Waals surface area contributed by atoms with Gasteiger partial charge in [0.1, 0.15) is 29.6 Å². The minimum atomic E-state index is -3.90. The number of hydrogen-bond donors (Lipinski definition) is 2. The van der Waals surface area contributed by atoms with Gasteiger partial charge in [-0.1, -0.05) is 41.3 Å². The minimum absolute atomic E-state index is 0.0305. The minimum Gasteiger partial charge on any atom is -0.352 e. The molecule has 172 valence electrons. The van der Waals surface area contributed by atoms with Gasteiger partial charge < -0.3 is 10.2 Å². The van der Waals surface area contributed by atoms with Crippen LogP contribution in [0.25, 0.3) is 0 Å². The number of imide groups is 1. The highest BCUT2D eigenvalue weighted by Crippen LogP contribution is 2.36. The lowest BCUT2D eigenvalue weighted by Gasteiger charge is -2.33. The molecule has 0 bridgehead atoms. The highest BCUT2D eigenvalue weighted by atomic mass is 35.5. The second-order valence-electron chi connectivity index (χ2n) is 8.23. The molecule has 4 amide bonds. The Kier molecular flexibility index (Phi) is 6.53. The lowest BCUT2D eigenvalue weighted by molar-refractivity contribution is -0.147. The first-order valence-corrected chi connectivity index (χ1v) is 10.8. The number of benzene rings is 2. The number of halogens is 3. The second kappa shape index (κ2) is 9.15. The molecule has 2 aromatic rings. The van der Waals surface area contributed by atoms with Gasteiger partial charge >= 0.3 is 5.92 Å². The average molecular weight is 491 g/mol. The molecule has 3 unspecified atom stereocenters. The van der Waals surface area contributed by atoms with Crippen LogP contribution in [-0.4, -0.2) is 58.1 Å². The number of nitrogens with one attached hydrogen (secondary N) is 2. The number of amides is 4. The van der Waals surface area contributed by atoms with Crippen LogP contribution in [0.4, 0.5) is 8.78 Å². The molecule has 2 aliphatic heterocycles. The van der Waals surface area contributed by atoms with E-state index in [2.05, 4.69) is 5.32 Å². The third kappa shape index (κ3) is 4.47. The van der Waals surface area contributed by atoms with Crippen LogP contribution in [-0.2, 0) is 20.3 Å². The van der Waals surface area contributed by atoms with Crippen LogP contribution in [0.2, 0.25) is 5.02 Å². The zero-order valence-corrected chi connectivity index (χ0v) is 18.8. The van der Waals surface area contributed by atoms with Crippen molar-refractivity contribution in [2.45, 2.75) is 36.7 Å². The van der Waals surface area contributed by atoms with Gasteiger partial charge in [-0.15, -0.1) is 0 Å². The molecule has 3 atom stereocenters. The molecule has 0 aromatic heterocycles. The largest absolute Gasteiger partial charge is 0.352 e.